The Labute approximate surface area is 118 Å². The molecule has 1 heterocycles. The van der Waals surface area contributed by atoms with E-state index < -0.39 is 0 Å². The molecule has 0 unspecified atom stereocenters. The molecule has 0 aliphatic heterocycles. The zero-order valence-electron chi connectivity index (χ0n) is 11.3. The van der Waals surface area contributed by atoms with Crippen molar-refractivity contribution in [2.75, 3.05) is 30.8 Å². The fraction of sp³-hybridized carbons (Fsp3) is 0.500. The van der Waals surface area contributed by atoms with Crippen molar-refractivity contribution in [3.05, 3.63) is 18.2 Å². The SMILES string of the molecule is CCCCOCCCNc1nc2ccc(N)cc2s1. The Balaban J connectivity index is 1.72. The standard InChI is InChI=1S/C14H21N3OS/c1-2-3-8-18-9-4-7-16-14-17-12-6-5-11(15)10-13(12)19-14/h5-6,10H,2-4,7-9,15H2,1H3,(H,16,17). The summed E-state index contributed by atoms with van der Waals surface area (Å²) in [6, 6.07) is 5.81. The number of nitrogens with one attached hydrogen (secondary N) is 1. The fourth-order valence-corrected chi connectivity index (χ4v) is 2.67. The van der Waals surface area contributed by atoms with Gasteiger partial charge in [0.05, 0.1) is 10.2 Å². The lowest BCUT2D eigenvalue weighted by Gasteiger charge is -2.03. The predicted molar refractivity (Wildman–Crippen MR) is 82.9 cm³/mol. The molecule has 3 N–H and O–H groups in total. The monoisotopic (exact) mass is 279 g/mol. The Morgan fingerprint density at radius 2 is 2.16 bits per heavy atom. The first kappa shape index (κ1) is 14.1. The number of ether oxygens (including phenoxy) is 1. The Kier molecular flexibility index (Phi) is 5.42. The summed E-state index contributed by atoms with van der Waals surface area (Å²) < 4.78 is 6.64. The third kappa shape index (κ3) is 4.36. The number of nitrogens with zero attached hydrogens (tertiary/aromatic N) is 1. The van der Waals surface area contributed by atoms with E-state index in [9.17, 15) is 0 Å². The molecule has 2 aromatic rings. The second-order valence-electron chi connectivity index (χ2n) is 4.49. The number of fused-ring (bicyclic) bond motifs is 1. The smallest absolute Gasteiger partial charge is 0.183 e. The summed E-state index contributed by atoms with van der Waals surface area (Å²) in [6.45, 7) is 4.74. The van der Waals surface area contributed by atoms with Crippen molar-refractivity contribution in [1.82, 2.24) is 4.98 Å². The van der Waals surface area contributed by atoms with Crippen LogP contribution in [0.15, 0.2) is 18.2 Å². The Bertz CT molecular complexity index is 512. The van der Waals surface area contributed by atoms with Gasteiger partial charge in [0.2, 0.25) is 0 Å². The van der Waals surface area contributed by atoms with Crippen molar-refractivity contribution in [3.8, 4) is 0 Å². The zero-order valence-corrected chi connectivity index (χ0v) is 12.1. The molecule has 0 radical (unpaired) electrons. The van der Waals surface area contributed by atoms with E-state index in [1.807, 2.05) is 18.2 Å². The first-order valence-electron chi connectivity index (χ1n) is 6.77. The van der Waals surface area contributed by atoms with Crippen molar-refractivity contribution in [3.63, 3.8) is 0 Å². The number of aromatic nitrogens is 1. The van der Waals surface area contributed by atoms with Crippen LogP contribution in [0.5, 0.6) is 0 Å². The van der Waals surface area contributed by atoms with Crippen molar-refractivity contribution in [1.29, 1.82) is 0 Å². The molecule has 0 fully saturated rings. The molecule has 0 saturated heterocycles. The molecule has 19 heavy (non-hydrogen) atoms. The summed E-state index contributed by atoms with van der Waals surface area (Å²) in [6.07, 6.45) is 3.33. The maximum Gasteiger partial charge on any atom is 0.183 e. The number of nitrogens with two attached hydrogens (primary N) is 1. The molecule has 2 rings (SSSR count). The van der Waals surface area contributed by atoms with E-state index in [4.69, 9.17) is 10.5 Å². The summed E-state index contributed by atoms with van der Waals surface area (Å²) in [5, 5.41) is 4.28. The van der Waals surface area contributed by atoms with Crippen molar-refractivity contribution < 1.29 is 4.74 Å². The van der Waals surface area contributed by atoms with Crippen LogP contribution in [0.25, 0.3) is 10.2 Å². The molecule has 4 nitrogen and oxygen atoms in total. The molecule has 5 heteroatoms. The number of nitrogen functional groups attached to an aromatic ring is 1. The van der Waals surface area contributed by atoms with Gasteiger partial charge in [-0.3, -0.25) is 0 Å². The lowest BCUT2D eigenvalue weighted by atomic mass is 10.3. The van der Waals surface area contributed by atoms with Gasteiger partial charge in [-0.05, 0) is 31.0 Å². The highest BCUT2D eigenvalue weighted by molar-refractivity contribution is 7.22. The van der Waals surface area contributed by atoms with E-state index in [1.165, 1.54) is 6.42 Å². The molecular weight excluding hydrogens is 258 g/mol. The highest BCUT2D eigenvalue weighted by Crippen LogP contribution is 2.27. The molecule has 0 spiro atoms. The maximum atomic E-state index is 5.75. The predicted octanol–water partition coefficient (Wildman–Crippen LogP) is 3.50. The molecule has 0 amide bonds. The average molecular weight is 279 g/mol. The van der Waals surface area contributed by atoms with Gasteiger partial charge in [-0.25, -0.2) is 4.98 Å². The third-order valence-electron chi connectivity index (χ3n) is 2.80. The van der Waals surface area contributed by atoms with Crippen molar-refractivity contribution >= 4 is 32.4 Å². The molecule has 1 aromatic heterocycles. The zero-order chi connectivity index (χ0) is 13.5. The first-order chi connectivity index (χ1) is 9.29. The van der Waals surface area contributed by atoms with Gasteiger partial charge in [0, 0.05) is 25.4 Å². The van der Waals surface area contributed by atoms with E-state index >= 15 is 0 Å². The molecule has 0 aliphatic rings. The van der Waals surface area contributed by atoms with Gasteiger partial charge >= 0.3 is 0 Å². The Morgan fingerprint density at radius 3 is 3.00 bits per heavy atom. The van der Waals surface area contributed by atoms with Gasteiger partial charge in [-0.1, -0.05) is 24.7 Å². The molecule has 0 bridgehead atoms. The van der Waals surface area contributed by atoms with Crippen LogP contribution in [-0.2, 0) is 4.74 Å². The molecule has 1 aromatic carbocycles. The van der Waals surface area contributed by atoms with Gasteiger partial charge in [-0.15, -0.1) is 0 Å². The van der Waals surface area contributed by atoms with Crippen LogP contribution < -0.4 is 11.1 Å². The topological polar surface area (TPSA) is 60.2 Å². The van der Waals surface area contributed by atoms with Gasteiger partial charge in [0.15, 0.2) is 5.13 Å². The van der Waals surface area contributed by atoms with Gasteiger partial charge in [-0.2, -0.15) is 0 Å². The van der Waals surface area contributed by atoms with E-state index in [2.05, 4.69) is 17.2 Å². The lowest BCUT2D eigenvalue weighted by molar-refractivity contribution is 0.131. The van der Waals surface area contributed by atoms with Crippen molar-refractivity contribution in [2.24, 2.45) is 0 Å². The Hall–Kier alpha value is -1.33. The van der Waals surface area contributed by atoms with E-state index in [0.717, 1.165) is 53.6 Å². The molecule has 0 aliphatic carbocycles. The first-order valence-corrected chi connectivity index (χ1v) is 7.59. The highest BCUT2D eigenvalue weighted by Gasteiger charge is 2.03. The van der Waals surface area contributed by atoms with Crippen LogP contribution in [0, 0.1) is 0 Å². The number of unbranched alkanes of at least 4 members (excludes halogenated alkanes) is 1. The van der Waals surface area contributed by atoms with Gasteiger partial charge in [0.25, 0.3) is 0 Å². The Morgan fingerprint density at radius 1 is 1.32 bits per heavy atom. The van der Waals surface area contributed by atoms with Crippen LogP contribution in [0.1, 0.15) is 26.2 Å². The third-order valence-corrected chi connectivity index (χ3v) is 3.77. The second-order valence-corrected chi connectivity index (χ2v) is 5.52. The number of hydrogen-bond donors (Lipinski definition) is 2. The minimum Gasteiger partial charge on any atom is -0.399 e. The van der Waals surface area contributed by atoms with Crippen molar-refractivity contribution in [2.45, 2.75) is 26.2 Å². The number of benzene rings is 1. The molecule has 104 valence electrons. The van der Waals surface area contributed by atoms with E-state index in [0.29, 0.717) is 0 Å². The van der Waals surface area contributed by atoms with Crippen LogP contribution in [-0.4, -0.2) is 24.7 Å². The molecule has 0 atom stereocenters. The summed E-state index contributed by atoms with van der Waals surface area (Å²) in [5.41, 5.74) is 7.54. The quantitative estimate of drug-likeness (QED) is 0.573. The summed E-state index contributed by atoms with van der Waals surface area (Å²) >= 11 is 1.64. The van der Waals surface area contributed by atoms with E-state index in [-0.39, 0.29) is 0 Å². The van der Waals surface area contributed by atoms with Gasteiger partial charge < -0.3 is 15.8 Å². The highest BCUT2D eigenvalue weighted by atomic mass is 32.1. The van der Waals surface area contributed by atoms with Crippen LogP contribution in [0.4, 0.5) is 10.8 Å². The normalized spacial score (nSPS) is 11.0. The van der Waals surface area contributed by atoms with Crippen LogP contribution >= 0.6 is 11.3 Å². The van der Waals surface area contributed by atoms with Crippen LogP contribution in [0.3, 0.4) is 0 Å². The van der Waals surface area contributed by atoms with E-state index in [1.54, 1.807) is 11.3 Å². The minimum absolute atomic E-state index is 0.784. The molecule has 0 saturated carbocycles. The fourth-order valence-electron chi connectivity index (χ4n) is 1.73. The molecular formula is C14H21N3OS. The maximum absolute atomic E-state index is 5.75. The lowest BCUT2D eigenvalue weighted by Crippen LogP contribution is -2.05. The van der Waals surface area contributed by atoms with Crippen LogP contribution in [0.2, 0.25) is 0 Å². The number of anilines is 2. The second kappa shape index (κ2) is 7.31. The largest absolute Gasteiger partial charge is 0.399 e. The minimum atomic E-state index is 0.784. The number of thiazole rings is 1. The average Bonchev–Trinajstić information content (AvgIpc) is 2.79. The summed E-state index contributed by atoms with van der Waals surface area (Å²) in [5.74, 6) is 0. The summed E-state index contributed by atoms with van der Waals surface area (Å²) in [7, 11) is 0. The number of hydrogen-bond acceptors (Lipinski definition) is 5. The summed E-state index contributed by atoms with van der Waals surface area (Å²) in [4.78, 5) is 4.51. The number of rotatable bonds is 8. The van der Waals surface area contributed by atoms with Gasteiger partial charge in [0.1, 0.15) is 0 Å².